The maximum atomic E-state index is 5.27. The third-order valence-electron chi connectivity index (χ3n) is 4.35. The molecule has 0 amide bonds. The minimum Gasteiger partial charge on any atom is -0.444 e. The summed E-state index contributed by atoms with van der Waals surface area (Å²) < 4.78 is 5.27. The molecular formula is C19H19N5O. The van der Waals surface area contributed by atoms with E-state index in [1.54, 1.807) is 6.20 Å². The number of likely N-dealkylation sites (N-methyl/N-ethyl adjacent to an activating group) is 1. The second kappa shape index (κ2) is 6.94. The van der Waals surface area contributed by atoms with Gasteiger partial charge in [0.15, 0.2) is 12.2 Å². The normalized spacial score (nSPS) is 14.8. The number of rotatable bonds is 4. The number of benzene rings is 1. The first-order chi connectivity index (χ1) is 12.3. The van der Waals surface area contributed by atoms with Crippen molar-refractivity contribution in [2.45, 2.75) is 19.5 Å². The van der Waals surface area contributed by atoms with E-state index in [4.69, 9.17) is 4.42 Å². The van der Waals surface area contributed by atoms with Gasteiger partial charge in [-0.15, -0.1) is 0 Å². The monoisotopic (exact) mass is 333 g/mol. The first kappa shape index (κ1) is 15.7. The van der Waals surface area contributed by atoms with Gasteiger partial charge in [-0.2, -0.15) is 10.2 Å². The van der Waals surface area contributed by atoms with Crippen LogP contribution >= 0.6 is 0 Å². The molecule has 1 aromatic carbocycles. The first-order valence-corrected chi connectivity index (χ1v) is 8.29. The van der Waals surface area contributed by atoms with Gasteiger partial charge < -0.3 is 9.32 Å². The van der Waals surface area contributed by atoms with Gasteiger partial charge in [0.05, 0.1) is 17.6 Å². The van der Waals surface area contributed by atoms with Crippen LogP contribution in [0.2, 0.25) is 0 Å². The molecule has 0 saturated carbocycles. The van der Waals surface area contributed by atoms with Crippen LogP contribution in [0.4, 0.5) is 5.69 Å². The van der Waals surface area contributed by atoms with Crippen molar-refractivity contribution in [2.24, 2.45) is 10.2 Å². The topological polar surface area (TPSA) is 66.9 Å². The van der Waals surface area contributed by atoms with Crippen molar-refractivity contribution in [2.75, 3.05) is 13.6 Å². The molecular weight excluding hydrogens is 314 g/mol. The van der Waals surface area contributed by atoms with Gasteiger partial charge in [-0.25, -0.2) is 4.98 Å². The van der Waals surface area contributed by atoms with Crippen LogP contribution in [0.1, 0.15) is 16.8 Å². The average molecular weight is 333 g/mol. The van der Waals surface area contributed by atoms with Crippen molar-refractivity contribution in [1.29, 1.82) is 0 Å². The summed E-state index contributed by atoms with van der Waals surface area (Å²) in [6.07, 6.45) is 6.16. The highest BCUT2D eigenvalue weighted by Gasteiger charge is 2.13. The molecule has 0 spiro atoms. The highest BCUT2D eigenvalue weighted by Crippen LogP contribution is 2.23. The standard InChI is InChI=1S/C19H19N5O/c1-24-7-6-15-8-18(21-9-16(15)12-24)10-22-23-17-4-2-14(3-5-17)19-11-20-13-25-19/h2-5,8-9,11,13H,6-7,10,12H2,1H3. The molecule has 0 bridgehead atoms. The van der Waals surface area contributed by atoms with Crippen molar-refractivity contribution in [3.8, 4) is 11.3 Å². The molecule has 0 unspecified atom stereocenters. The predicted molar refractivity (Wildman–Crippen MR) is 94.4 cm³/mol. The van der Waals surface area contributed by atoms with Crippen molar-refractivity contribution < 1.29 is 4.42 Å². The number of oxazole rings is 1. The van der Waals surface area contributed by atoms with Gasteiger partial charge >= 0.3 is 0 Å². The number of pyridine rings is 1. The molecule has 0 radical (unpaired) electrons. The molecule has 0 N–H and O–H groups in total. The highest BCUT2D eigenvalue weighted by atomic mass is 16.3. The maximum absolute atomic E-state index is 5.27. The molecule has 0 atom stereocenters. The summed E-state index contributed by atoms with van der Waals surface area (Å²) >= 11 is 0. The summed E-state index contributed by atoms with van der Waals surface area (Å²) in [5, 5.41) is 8.56. The maximum Gasteiger partial charge on any atom is 0.181 e. The second-order valence-corrected chi connectivity index (χ2v) is 6.24. The van der Waals surface area contributed by atoms with E-state index in [-0.39, 0.29) is 0 Å². The first-order valence-electron chi connectivity index (χ1n) is 8.29. The summed E-state index contributed by atoms with van der Waals surface area (Å²) in [4.78, 5) is 10.7. The second-order valence-electron chi connectivity index (χ2n) is 6.24. The minimum absolute atomic E-state index is 0.493. The lowest BCUT2D eigenvalue weighted by Gasteiger charge is -2.24. The van der Waals surface area contributed by atoms with Crippen LogP contribution in [0, 0.1) is 0 Å². The predicted octanol–water partition coefficient (Wildman–Crippen LogP) is 4.01. The zero-order chi connectivity index (χ0) is 17.1. The van der Waals surface area contributed by atoms with Crippen LogP contribution < -0.4 is 0 Å². The Morgan fingerprint density at radius 2 is 2.04 bits per heavy atom. The van der Waals surface area contributed by atoms with Crippen LogP contribution in [0.15, 0.2) is 63.8 Å². The van der Waals surface area contributed by atoms with Gasteiger partial charge in [0.2, 0.25) is 0 Å². The van der Waals surface area contributed by atoms with E-state index in [1.807, 2.05) is 30.5 Å². The number of hydrogen-bond donors (Lipinski definition) is 0. The molecule has 1 aliphatic heterocycles. The van der Waals surface area contributed by atoms with E-state index in [0.29, 0.717) is 6.54 Å². The lowest BCUT2D eigenvalue weighted by Crippen LogP contribution is -2.26. The number of nitrogens with zero attached hydrogens (tertiary/aromatic N) is 5. The summed E-state index contributed by atoms with van der Waals surface area (Å²) in [6.45, 7) is 2.56. The smallest absolute Gasteiger partial charge is 0.181 e. The molecule has 0 fully saturated rings. The van der Waals surface area contributed by atoms with Crippen molar-refractivity contribution >= 4 is 5.69 Å². The summed E-state index contributed by atoms with van der Waals surface area (Å²) in [5.41, 5.74) is 5.44. The molecule has 25 heavy (non-hydrogen) atoms. The Hall–Kier alpha value is -2.86. The number of aromatic nitrogens is 2. The third kappa shape index (κ3) is 3.64. The fourth-order valence-corrected chi connectivity index (χ4v) is 2.96. The van der Waals surface area contributed by atoms with E-state index in [9.17, 15) is 0 Å². The van der Waals surface area contributed by atoms with Crippen LogP contribution in [-0.2, 0) is 19.5 Å². The third-order valence-corrected chi connectivity index (χ3v) is 4.35. The van der Waals surface area contributed by atoms with E-state index in [0.717, 1.165) is 42.2 Å². The SMILES string of the molecule is CN1CCc2cc(CN=Nc3ccc(-c4cnco4)cc3)ncc2C1. The molecule has 0 saturated heterocycles. The average Bonchev–Trinajstić information content (AvgIpc) is 3.17. The number of fused-ring (bicyclic) bond motifs is 1. The zero-order valence-electron chi connectivity index (χ0n) is 14.1. The molecule has 3 aromatic rings. The minimum atomic E-state index is 0.493. The Bertz CT molecular complexity index is 871. The molecule has 6 nitrogen and oxygen atoms in total. The van der Waals surface area contributed by atoms with Crippen LogP contribution in [0.25, 0.3) is 11.3 Å². The van der Waals surface area contributed by atoms with Crippen molar-refractivity contribution in [3.05, 3.63) is 65.9 Å². The quantitative estimate of drug-likeness (QED) is 0.677. The van der Waals surface area contributed by atoms with Gasteiger partial charge in [0.1, 0.15) is 6.54 Å². The van der Waals surface area contributed by atoms with E-state index >= 15 is 0 Å². The van der Waals surface area contributed by atoms with Gasteiger partial charge in [-0.05, 0) is 54.9 Å². The molecule has 0 aliphatic carbocycles. The zero-order valence-corrected chi connectivity index (χ0v) is 14.1. The summed E-state index contributed by atoms with van der Waals surface area (Å²) in [6, 6.07) is 9.88. The Kier molecular flexibility index (Phi) is 4.35. The summed E-state index contributed by atoms with van der Waals surface area (Å²) in [7, 11) is 2.14. The van der Waals surface area contributed by atoms with Crippen LogP contribution in [0.3, 0.4) is 0 Å². The van der Waals surface area contributed by atoms with Crippen LogP contribution in [-0.4, -0.2) is 28.5 Å². The summed E-state index contributed by atoms with van der Waals surface area (Å²) in [5.74, 6) is 0.743. The Balaban J connectivity index is 1.41. The van der Waals surface area contributed by atoms with E-state index in [2.05, 4.69) is 38.2 Å². The van der Waals surface area contributed by atoms with Crippen LogP contribution in [0.5, 0.6) is 0 Å². The largest absolute Gasteiger partial charge is 0.444 e. The fraction of sp³-hybridized carbons (Fsp3) is 0.263. The van der Waals surface area contributed by atoms with Gasteiger partial charge in [-0.3, -0.25) is 4.98 Å². The molecule has 4 rings (SSSR count). The van der Waals surface area contributed by atoms with Gasteiger partial charge in [0.25, 0.3) is 0 Å². The molecule has 126 valence electrons. The van der Waals surface area contributed by atoms with Crippen molar-refractivity contribution in [1.82, 2.24) is 14.9 Å². The molecule has 6 heteroatoms. The van der Waals surface area contributed by atoms with E-state index < -0.39 is 0 Å². The van der Waals surface area contributed by atoms with Gasteiger partial charge in [-0.1, -0.05) is 0 Å². The highest BCUT2D eigenvalue weighted by molar-refractivity contribution is 5.59. The molecule has 3 heterocycles. The van der Waals surface area contributed by atoms with Crippen molar-refractivity contribution in [3.63, 3.8) is 0 Å². The molecule has 2 aromatic heterocycles. The lowest BCUT2D eigenvalue weighted by molar-refractivity contribution is 0.312. The number of hydrogen-bond acceptors (Lipinski definition) is 6. The lowest BCUT2D eigenvalue weighted by atomic mass is 10.0. The van der Waals surface area contributed by atoms with E-state index in [1.165, 1.54) is 17.5 Å². The Labute approximate surface area is 146 Å². The fourth-order valence-electron chi connectivity index (χ4n) is 2.96. The van der Waals surface area contributed by atoms with Gasteiger partial charge in [0, 0.05) is 24.8 Å². The Morgan fingerprint density at radius 1 is 1.16 bits per heavy atom. The Morgan fingerprint density at radius 3 is 2.84 bits per heavy atom. The number of azo groups is 1. The molecule has 1 aliphatic rings.